The lowest BCUT2D eigenvalue weighted by molar-refractivity contribution is 0.0950. The van der Waals surface area contributed by atoms with E-state index in [1.807, 2.05) is 42.5 Å². The third kappa shape index (κ3) is 5.02. The molecule has 2 heterocycles. The summed E-state index contributed by atoms with van der Waals surface area (Å²) in [5.74, 6) is 0.302. The Labute approximate surface area is 150 Å². The fourth-order valence-corrected chi connectivity index (χ4v) is 2.28. The number of nitrogens with zero attached hydrogens (tertiary/aromatic N) is 2. The van der Waals surface area contributed by atoms with Gasteiger partial charge < -0.3 is 10.1 Å². The Balaban J connectivity index is 1.56. The molecular formula is C19H16ClN3O2. The molecular weight excluding hydrogens is 338 g/mol. The lowest BCUT2D eigenvalue weighted by atomic mass is 10.2. The first-order valence-electron chi connectivity index (χ1n) is 7.72. The average Bonchev–Trinajstić information content (AvgIpc) is 2.66. The Kier molecular flexibility index (Phi) is 5.59. The quantitative estimate of drug-likeness (QED) is 0.687. The van der Waals surface area contributed by atoms with Crippen LogP contribution in [0.15, 0.2) is 67.0 Å². The summed E-state index contributed by atoms with van der Waals surface area (Å²) in [6.07, 6.45) is 3.10. The summed E-state index contributed by atoms with van der Waals surface area (Å²) >= 11 is 5.72. The van der Waals surface area contributed by atoms with Crippen molar-refractivity contribution in [2.24, 2.45) is 0 Å². The summed E-state index contributed by atoms with van der Waals surface area (Å²) < 4.78 is 5.69. The van der Waals surface area contributed by atoms with Crippen molar-refractivity contribution in [3.05, 3.63) is 88.8 Å². The molecule has 2 aromatic heterocycles. The maximum Gasteiger partial charge on any atom is 0.253 e. The highest BCUT2D eigenvalue weighted by atomic mass is 35.5. The van der Waals surface area contributed by atoms with Crippen LogP contribution in [0.5, 0.6) is 5.88 Å². The minimum absolute atomic E-state index is 0.215. The number of benzene rings is 1. The monoisotopic (exact) mass is 353 g/mol. The second-order valence-electron chi connectivity index (χ2n) is 5.33. The summed E-state index contributed by atoms with van der Waals surface area (Å²) in [5, 5.41) is 3.18. The van der Waals surface area contributed by atoms with Gasteiger partial charge in [0.25, 0.3) is 5.91 Å². The number of carbonyl (C=O) groups is 1. The summed E-state index contributed by atoms with van der Waals surface area (Å²) in [6, 6.07) is 16.7. The van der Waals surface area contributed by atoms with Gasteiger partial charge in [0.2, 0.25) is 5.88 Å². The highest BCUT2D eigenvalue weighted by Crippen LogP contribution is 2.12. The zero-order valence-electron chi connectivity index (χ0n) is 13.4. The van der Waals surface area contributed by atoms with Crippen molar-refractivity contribution in [3.63, 3.8) is 0 Å². The van der Waals surface area contributed by atoms with E-state index in [0.29, 0.717) is 29.7 Å². The number of rotatable bonds is 6. The molecule has 0 unspecified atom stereocenters. The van der Waals surface area contributed by atoms with E-state index < -0.39 is 0 Å². The number of nitrogens with one attached hydrogen (secondary N) is 1. The van der Waals surface area contributed by atoms with Crippen LogP contribution in [-0.4, -0.2) is 15.9 Å². The summed E-state index contributed by atoms with van der Waals surface area (Å²) in [7, 11) is 0. The first-order valence-corrected chi connectivity index (χ1v) is 8.10. The number of pyridine rings is 2. The Bertz CT molecular complexity index is 839. The maximum atomic E-state index is 12.1. The first-order chi connectivity index (χ1) is 12.2. The van der Waals surface area contributed by atoms with Gasteiger partial charge in [-0.05, 0) is 29.3 Å². The number of halogens is 1. The maximum absolute atomic E-state index is 12.1. The van der Waals surface area contributed by atoms with Crippen LogP contribution in [0.2, 0.25) is 5.15 Å². The van der Waals surface area contributed by atoms with Crippen LogP contribution in [0.3, 0.4) is 0 Å². The molecule has 25 heavy (non-hydrogen) atoms. The summed E-state index contributed by atoms with van der Waals surface area (Å²) in [6.45, 7) is 0.811. The molecule has 0 aliphatic carbocycles. The van der Waals surface area contributed by atoms with Gasteiger partial charge in [0, 0.05) is 25.0 Å². The molecule has 0 atom stereocenters. The highest BCUT2D eigenvalue weighted by Gasteiger charge is 2.06. The normalized spacial score (nSPS) is 10.3. The number of ether oxygens (including phenoxy) is 1. The Morgan fingerprint density at radius 2 is 1.88 bits per heavy atom. The van der Waals surface area contributed by atoms with Crippen molar-refractivity contribution in [1.82, 2.24) is 15.3 Å². The fraction of sp³-hybridized carbons (Fsp3) is 0.105. The van der Waals surface area contributed by atoms with E-state index in [0.717, 1.165) is 11.1 Å². The van der Waals surface area contributed by atoms with Gasteiger partial charge in [-0.15, -0.1) is 0 Å². The van der Waals surface area contributed by atoms with Gasteiger partial charge in [-0.3, -0.25) is 4.79 Å². The van der Waals surface area contributed by atoms with Gasteiger partial charge in [-0.1, -0.05) is 41.9 Å². The van der Waals surface area contributed by atoms with Gasteiger partial charge in [0.1, 0.15) is 11.8 Å². The minimum atomic E-state index is -0.215. The molecule has 1 amide bonds. The lowest BCUT2D eigenvalue weighted by Gasteiger charge is -2.08. The van der Waals surface area contributed by atoms with Gasteiger partial charge in [-0.25, -0.2) is 9.97 Å². The Morgan fingerprint density at radius 1 is 1.04 bits per heavy atom. The van der Waals surface area contributed by atoms with Crippen LogP contribution < -0.4 is 10.1 Å². The van der Waals surface area contributed by atoms with Crippen molar-refractivity contribution in [2.45, 2.75) is 13.2 Å². The molecule has 0 spiro atoms. The molecule has 1 aromatic carbocycles. The molecule has 126 valence electrons. The highest BCUT2D eigenvalue weighted by molar-refractivity contribution is 6.29. The predicted molar refractivity (Wildman–Crippen MR) is 95.4 cm³/mol. The fourth-order valence-electron chi connectivity index (χ4n) is 2.17. The second kappa shape index (κ2) is 8.26. The van der Waals surface area contributed by atoms with Crippen molar-refractivity contribution in [3.8, 4) is 5.88 Å². The van der Waals surface area contributed by atoms with E-state index >= 15 is 0 Å². The number of amides is 1. The van der Waals surface area contributed by atoms with Gasteiger partial charge in [0.15, 0.2) is 0 Å². The standard InChI is InChI=1S/C19H16ClN3O2/c20-17-7-6-16(12-22-17)19(24)23-11-15-8-9-21-18(10-15)25-13-14-4-2-1-3-5-14/h1-10,12H,11,13H2,(H,23,24). The number of hydrogen-bond acceptors (Lipinski definition) is 4. The predicted octanol–water partition coefficient (Wildman–Crippen LogP) is 3.64. The molecule has 0 aliphatic rings. The van der Waals surface area contributed by atoms with Crippen molar-refractivity contribution >= 4 is 17.5 Å². The van der Waals surface area contributed by atoms with E-state index in [-0.39, 0.29) is 5.91 Å². The molecule has 5 nitrogen and oxygen atoms in total. The Hall–Kier alpha value is -2.92. The van der Waals surface area contributed by atoms with Crippen LogP contribution in [0, 0.1) is 0 Å². The summed E-state index contributed by atoms with van der Waals surface area (Å²) in [5.41, 5.74) is 2.42. The third-order valence-electron chi connectivity index (χ3n) is 3.47. The van der Waals surface area contributed by atoms with E-state index in [2.05, 4.69) is 15.3 Å². The van der Waals surface area contributed by atoms with Gasteiger partial charge in [-0.2, -0.15) is 0 Å². The third-order valence-corrected chi connectivity index (χ3v) is 3.70. The number of carbonyl (C=O) groups excluding carboxylic acids is 1. The molecule has 1 N–H and O–H groups in total. The molecule has 0 aliphatic heterocycles. The van der Waals surface area contributed by atoms with Crippen LogP contribution in [0.4, 0.5) is 0 Å². The van der Waals surface area contributed by atoms with E-state index in [1.54, 1.807) is 18.3 Å². The molecule has 0 radical (unpaired) electrons. The number of aromatic nitrogens is 2. The zero-order chi connectivity index (χ0) is 17.5. The molecule has 3 aromatic rings. The molecule has 0 bridgehead atoms. The SMILES string of the molecule is O=C(NCc1ccnc(OCc2ccccc2)c1)c1ccc(Cl)nc1. The van der Waals surface area contributed by atoms with E-state index in [4.69, 9.17) is 16.3 Å². The second-order valence-corrected chi connectivity index (χ2v) is 5.72. The largest absolute Gasteiger partial charge is 0.473 e. The molecule has 0 saturated heterocycles. The zero-order valence-corrected chi connectivity index (χ0v) is 14.1. The van der Waals surface area contributed by atoms with Gasteiger partial charge in [0.05, 0.1) is 5.56 Å². The summed E-state index contributed by atoms with van der Waals surface area (Å²) in [4.78, 5) is 20.2. The average molecular weight is 354 g/mol. The molecule has 6 heteroatoms. The van der Waals surface area contributed by atoms with E-state index in [1.165, 1.54) is 6.20 Å². The van der Waals surface area contributed by atoms with Crippen LogP contribution in [0.25, 0.3) is 0 Å². The van der Waals surface area contributed by atoms with Crippen molar-refractivity contribution in [2.75, 3.05) is 0 Å². The molecule has 3 rings (SSSR count). The van der Waals surface area contributed by atoms with Crippen LogP contribution in [-0.2, 0) is 13.2 Å². The number of hydrogen-bond donors (Lipinski definition) is 1. The van der Waals surface area contributed by atoms with Gasteiger partial charge >= 0.3 is 0 Å². The van der Waals surface area contributed by atoms with Crippen molar-refractivity contribution < 1.29 is 9.53 Å². The van der Waals surface area contributed by atoms with Crippen LogP contribution >= 0.6 is 11.6 Å². The minimum Gasteiger partial charge on any atom is -0.473 e. The molecule has 0 fully saturated rings. The topological polar surface area (TPSA) is 64.1 Å². The first kappa shape index (κ1) is 16.9. The Morgan fingerprint density at radius 3 is 2.64 bits per heavy atom. The van der Waals surface area contributed by atoms with Crippen LogP contribution in [0.1, 0.15) is 21.5 Å². The van der Waals surface area contributed by atoms with Crippen molar-refractivity contribution in [1.29, 1.82) is 0 Å². The molecule has 0 saturated carbocycles. The van der Waals surface area contributed by atoms with E-state index in [9.17, 15) is 4.79 Å². The smallest absolute Gasteiger partial charge is 0.253 e. The lowest BCUT2D eigenvalue weighted by Crippen LogP contribution is -2.22.